The highest BCUT2D eigenvalue weighted by Crippen LogP contribution is 2.33. The Kier molecular flexibility index (Phi) is 1.95. The van der Waals surface area contributed by atoms with Crippen LogP contribution in [-0.4, -0.2) is 23.0 Å². The van der Waals surface area contributed by atoms with E-state index in [9.17, 15) is 4.79 Å². The first-order valence-electron chi connectivity index (χ1n) is 4.87. The van der Waals surface area contributed by atoms with Crippen LogP contribution in [0.3, 0.4) is 0 Å². The van der Waals surface area contributed by atoms with Gasteiger partial charge in [0.1, 0.15) is 0 Å². The van der Waals surface area contributed by atoms with Crippen molar-refractivity contribution in [3.8, 4) is 0 Å². The van der Waals surface area contributed by atoms with Gasteiger partial charge in [0.05, 0.1) is 0 Å². The Hall–Kier alpha value is -0.730. The molecule has 68 valence electrons. The molecule has 0 saturated carbocycles. The van der Waals surface area contributed by atoms with E-state index in [2.05, 4.69) is 0 Å². The van der Waals surface area contributed by atoms with Crippen LogP contribution in [0.15, 0.2) is 0 Å². The summed E-state index contributed by atoms with van der Waals surface area (Å²) in [7, 11) is 0. The third-order valence-corrected chi connectivity index (χ3v) is 3.20. The topological polar surface area (TPSA) is 46.3 Å². The minimum absolute atomic E-state index is 0.204. The van der Waals surface area contributed by atoms with Gasteiger partial charge in [-0.1, -0.05) is 12.8 Å². The number of nitrogens with two attached hydrogens (primary N) is 1. The van der Waals surface area contributed by atoms with Crippen LogP contribution in [0, 0.1) is 0 Å². The Balaban J connectivity index is 2.14. The fraction of sp³-hybridized carbons (Fsp3) is 0.889. The number of carbonyl (C=O) groups excluding carboxylic acids is 1. The van der Waals surface area contributed by atoms with Gasteiger partial charge in [0.2, 0.25) is 0 Å². The first-order chi connectivity index (χ1) is 5.79. The van der Waals surface area contributed by atoms with Crippen LogP contribution in [-0.2, 0) is 0 Å². The molecule has 2 aliphatic heterocycles. The molecule has 0 radical (unpaired) electrons. The number of hydrogen-bond donors (Lipinski definition) is 1. The zero-order valence-electron chi connectivity index (χ0n) is 7.33. The number of primary amides is 1. The minimum atomic E-state index is -0.204. The van der Waals surface area contributed by atoms with Crippen LogP contribution >= 0.6 is 0 Å². The van der Waals surface area contributed by atoms with Crippen molar-refractivity contribution in [2.24, 2.45) is 5.73 Å². The van der Waals surface area contributed by atoms with Crippen molar-refractivity contribution in [1.82, 2.24) is 4.90 Å². The molecule has 2 amide bonds. The standard InChI is InChI=1S/C9H16N2O/c10-9(12)11-7-3-1-2-4-8(11)6-5-7/h7-8H,1-6H2,(H2,10,12)/t7-,8+. The lowest BCUT2D eigenvalue weighted by Crippen LogP contribution is -2.43. The highest BCUT2D eigenvalue weighted by Gasteiger charge is 2.36. The number of urea groups is 1. The van der Waals surface area contributed by atoms with E-state index >= 15 is 0 Å². The minimum Gasteiger partial charge on any atom is -0.351 e. The quantitative estimate of drug-likeness (QED) is 0.585. The molecule has 2 bridgehead atoms. The second-order valence-corrected chi connectivity index (χ2v) is 3.91. The third kappa shape index (κ3) is 1.17. The summed E-state index contributed by atoms with van der Waals surface area (Å²) < 4.78 is 0. The molecule has 2 saturated heterocycles. The molecule has 12 heavy (non-hydrogen) atoms. The normalized spacial score (nSPS) is 34.8. The van der Waals surface area contributed by atoms with Crippen molar-refractivity contribution in [1.29, 1.82) is 0 Å². The molecule has 0 aromatic rings. The predicted molar refractivity (Wildman–Crippen MR) is 46.7 cm³/mol. The molecular weight excluding hydrogens is 152 g/mol. The van der Waals surface area contributed by atoms with Crippen molar-refractivity contribution >= 4 is 6.03 Å². The van der Waals surface area contributed by atoms with E-state index in [1.165, 1.54) is 38.5 Å². The fourth-order valence-electron chi connectivity index (χ4n) is 2.65. The van der Waals surface area contributed by atoms with Gasteiger partial charge in [-0.2, -0.15) is 0 Å². The third-order valence-electron chi connectivity index (χ3n) is 3.20. The second kappa shape index (κ2) is 2.96. The van der Waals surface area contributed by atoms with Crippen LogP contribution in [0.25, 0.3) is 0 Å². The molecular formula is C9H16N2O. The summed E-state index contributed by atoms with van der Waals surface area (Å²) in [6.45, 7) is 0. The Morgan fingerprint density at radius 3 is 2.00 bits per heavy atom. The first-order valence-corrected chi connectivity index (χ1v) is 4.87. The van der Waals surface area contributed by atoms with Gasteiger partial charge in [-0.15, -0.1) is 0 Å². The van der Waals surface area contributed by atoms with Gasteiger partial charge in [0.25, 0.3) is 0 Å². The van der Waals surface area contributed by atoms with E-state index in [0.29, 0.717) is 12.1 Å². The maximum atomic E-state index is 11.1. The van der Waals surface area contributed by atoms with E-state index in [-0.39, 0.29) is 6.03 Å². The van der Waals surface area contributed by atoms with Crippen molar-refractivity contribution in [3.05, 3.63) is 0 Å². The van der Waals surface area contributed by atoms with Crippen LogP contribution in [0.5, 0.6) is 0 Å². The monoisotopic (exact) mass is 168 g/mol. The molecule has 0 aromatic carbocycles. The Morgan fingerprint density at radius 1 is 1.08 bits per heavy atom. The van der Waals surface area contributed by atoms with Crippen molar-refractivity contribution in [2.75, 3.05) is 0 Å². The average Bonchev–Trinajstić information content (AvgIpc) is 2.24. The summed E-state index contributed by atoms with van der Waals surface area (Å²) in [6, 6.07) is 0.731. The zero-order valence-corrected chi connectivity index (χ0v) is 7.33. The van der Waals surface area contributed by atoms with E-state index in [0.717, 1.165) is 0 Å². The van der Waals surface area contributed by atoms with Gasteiger partial charge >= 0.3 is 6.03 Å². The molecule has 2 heterocycles. The molecule has 3 heteroatoms. The molecule has 0 aliphatic carbocycles. The number of amides is 2. The SMILES string of the molecule is NC(=O)N1[C@@H]2CCCC[C@H]1CC2. The number of carbonyl (C=O) groups is 1. The van der Waals surface area contributed by atoms with Crippen molar-refractivity contribution < 1.29 is 4.79 Å². The van der Waals surface area contributed by atoms with Crippen LogP contribution in [0.2, 0.25) is 0 Å². The van der Waals surface area contributed by atoms with E-state index in [1.54, 1.807) is 0 Å². The second-order valence-electron chi connectivity index (χ2n) is 3.91. The molecule has 2 N–H and O–H groups in total. The number of rotatable bonds is 0. The van der Waals surface area contributed by atoms with Gasteiger partial charge in [0.15, 0.2) is 0 Å². The average molecular weight is 168 g/mol. The smallest absolute Gasteiger partial charge is 0.315 e. The Labute approximate surface area is 72.9 Å². The van der Waals surface area contributed by atoms with Gasteiger partial charge in [-0.25, -0.2) is 4.79 Å². The Morgan fingerprint density at radius 2 is 1.58 bits per heavy atom. The highest BCUT2D eigenvalue weighted by molar-refractivity contribution is 5.73. The maximum absolute atomic E-state index is 11.1. The van der Waals surface area contributed by atoms with Gasteiger partial charge in [-0.05, 0) is 25.7 Å². The highest BCUT2D eigenvalue weighted by atomic mass is 16.2. The number of nitrogens with zero attached hydrogens (tertiary/aromatic N) is 1. The van der Waals surface area contributed by atoms with Crippen molar-refractivity contribution in [2.45, 2.75) is 50.6 Å². The van der Waals surface area contributed by atoms with Crippen LogP contribution < -0.4 is 5.73 Å². The lowest BCUT2D eigenvalue weighted by Gasteiger charge is -2.25. The van der Waals surface area contributed by atoms with E-state index in [4.69, 9.17) is 5.73 Å². The molecule has 0 unspecified atom stereocenters. The summed E-state index contributed by atoms with van der Waals surface area (Å²) >= 11 is 0. The molecule has 2 aliphatic rings. The van der Waals surface area contributed by atoms with Crippen LogP contribution in [0.4, 0.5) is 4.79 Å². The van der Waals surface area contributed by atoms with Crippen molar-refractivity contribution in [3.63, 3.8) is 0 Å². The lowest BCUT2D eigenvalue weighted by molar-refractivity contribution is 0.183. The summed E-state index contributed by atoms with van der Waals surface area (Å²) in [5, 5.41) is 0. The molecule has 3 nitrogen and oxygen atoms in total. The largest absolute Gasteiger partial charge is 0.351 e. The molecule has 2 rings (SSSR count). The summed E-state index contributed by atoms with van der Waals surface area (Å²) in [5.74, 6) is 0. The molecule has 2 fully saturated rings. The van der Waals surface area contributed by atoms with E-state index < -0.39 is 0 Å². The zero-order chi connectivity index (χ0) is 8.55. The summed E-state index contributed by atoms with van der Waals surface area (Å²) in [6.07, 6.45) is 7.22. The van der Waals surface area contributed by atoms with Gasteiger partial charge in [-0.3, -0.25) is 0 Å². The van der Waals surface area contributed by atoms with E-state index in [1.807, 2.05) is 4.90 Å². The Bertz CT molecular complexity index is 179. The van der Waals surface area contributed by atoms with Crippen LogP contribution in [0.1, 0.15) is 38.5 Å². The first kappa shape index (κ1) is 7.90. The summed E-state index contributed by atoms with van der Waals surface area (Å²) in [5.41, 5.74) is 5.34. The molecule has 2 atom stereocenters. The molecule has 0 aromatic heterocycles. The lowest BCUT2D eigenvalue weighted by atomic mass is 10.0. The number of hydrogen-bond acceptors (Lipinski definition) is 1. The van der Waals surface area contributed by atoms with Gasteiger partial charge in [0, 0.05) is 12.1 Å². The fourth-order valence-corrected chi connectivity index (χ4v) is 2.65. The number of fused-ring (bicyclic) bond motifs is 2. The predicted octanol–water partition coefficient (Wildman–Crippen LogP) is 1.47. The van der Waals surface area contributed by atoms with Gasteiger partial charge < -0.3 is 10.6 Å². The maximum Gasteiger partial charge on any atom is 0.315 e. The summed E-state index contributed by atoms with van der Waals surface area (Å²) in [4.78, 5) is 13.0. The molecule has 0 spiro atoms.